The molecule has 1 fully saturated rings. The topological polar surface area (TPSA) is 32.3 Å². The summed E-state index contributed by atoms with van der Waals surface area (Å²) in [6.07, 6.45) is 1.67. The molecule has 0 bridgehead atoms. The van der Waals surface area contributed by atoms with Crippen molar-refractivity contribution in [3.63, 3.8) is 0 Å². The molecule has 3 atom stereocenters. The van der Waals surface area contributed by atoms with E-state index in [9.17, 15) is 9.18 Å². The molecule has 1 aromatic carbocycles. The number of carbonyl (C=O) groups is 1. The molecule has 1 saturated heterocycles. The Hall–Kier alpha value is -1.42. The van der Waals surface area contributed by atoms with Gasteiger partial charge in [-0.3, -0.25) is 10.1 Å². The van der Waals surface area contributed by atoms with Gasteiger partial charge in [0.2, 0.25) is 5.91 Å². The number of hydrogen-bond acceptors (Lipinski definition) is 2. The highest BCUT2D eigenvalue weighted by molar-refractivity contribution is 5.84. The molecule has 1 aromatic rings. The van der Waals surface area contributed by atoms with E-state index in [2.05, 4.69) is 19.2 Å². The zero-order valence-corrected chi connectivity index (χ0v) is 12.4. The molecule has 2 rings (SSSR count). The van der Waals surface area contributed by atoms with Crippen LogP contribution in [-0.2, 0) is 4.79 Å². The molecule has 0 radical (unpaired) electrons. The molecule has 4 heteroatoms. The highest BCUT2D eigenvalue weighted by Gasteiger charge is 2.38. The average molecular weight is 278 g/mol. The van der Waals surface area contributed by atoms with Gasteiger partial charge in [0, 0.05) is 6.54 Å². The van der Waals surface area contributed by atoms with Gasteiger partial charge in [-0.05, 0) is 30.0 Å². The Morgan fingerprint density at radius 3 is 2.50 bits per heavy atom. The van der Waals surface area contributed by atoms with Gasteiger partial charge in [-0.2, -0.15) is 0 Å². The highest BCUT2D eigenvalue weighted by Crippen LogP contribution is 2.28. The summed E-state index contributed by atoms with van der Waals surface area (Å²) >= 11 is 0. The molecule has 110 valence electrons. The summed E-state index contributed by atoms with van der Waals surface area (Å²) < 4.78 is 13.1. The maximum atomic E-state index is 13.1. The second-order valence-corrected chi connectivity index (χ2v) is 5.59. The number of hydrogen-bond donors (Lipinski definition) is 1. The number of amides is 1. The van der Waals surface area contributed by atoms with Crippen LogP contribution in [0, 0.1) is 11.7 Å². The first-order valence-electron chi connectivity index (χ1n) is 7.38. The van der Waals surface area contributed by atoms with Crippen molar-refractivity contribution >= 4 is 5.91 Å². The van der Waals surface area contributed by atoms with Crippen LogP contribution in [0.2, 0.25) is 0 Å². The lowest BCUT2D eigenvalue weighted by molar-refractivity contribution is -0.130. The standard InChI is InChI=1S/C16H23FN2O/c1-4-11(3)10-19-15(18-14(5-2)16(19)20)12-6-8-13(17)9-7-12/h6-9,11,14-15,18H,4-5,10H2,1-3H3. The molecule has 0 spiro atoms. The third-order valence-electron chi connectivity index (χ3n) is 4.05. The monoisotopic (exact) mass is 278 g/mol. The van der Waals surface area contributed by atoms with Gasteiger partial charge in [0.25, 0.3) is 0 Å². The predicted octanol–water partition coefficient (Wildman–Crippen LogP) is 3.08. The number of nitrogens with one attached hydrogen (secondary N) is 1. The van der Waals surface area contributed by atoms with Crippen molar-refractivity contribution in [2.75, 3.05) is 6.54 Å². The summed E-state index contributed by atoms with van der Waals surface area (Å²) in [6, 6.07) is 6.27. The summed E-state index contributed by atoms with van der Waals surface area (Å²) in [7, 11) is 0. The first-order chi connectivity index (χ1) is 9.56. The van der Waals surface area contributed by atoms with Crippen molar-refractivity contribution in [1.29, 1.82) is 0 Å². The summed E-state index contributed by atoms with van der Waals surface area (Å²) in [5.74, 6) is 0.361. The van der Waals surface area contributed by atoms with Crippen LogP contribution in [0.1, 0.15) is 45.3 Å². The van der Waals surface area contributed by atoms with Gasteiger partial charge in [0.05, 0.1) is 6.04 Å². The van der Waals surface area contributed by atoms with Crippen molar-refractivity contribution in [2.24, 2.45) is 5.92 Å². The molecule has 0 saturated carbocycles. The fraction of sp³-hybridized carbons (Fsp3) is 0.562. The molecule has 1 amide bonds. The van der Waals surface area contributed by atoms with E-state index in [4.69, 9.17) is 0 Å². The van der Waals surface area contributed by atoms with Crippen LogP contribution in [0.4, 0.5) is 4.39 Å². The second kappa shape index (κ2) is 6.35. The molecule has 0 aromatic heterocycles. The van der Waals surface area contributed by atoms with Gasteiger partial charge in [-0.15, -0.1) is 0 Å². The Kier molecular flexibility index (Phi) is 4.76. The van der Waals surface area contributed by atoms with Crippen molar-refractivity contribution < 1.29 is 9.18 Å². The maximum absolute atomic E-state index is 13.1. The molecule has 3 unspecified atom stereocenters. The zero-order chi connectivity index (χ0) is 14.7. The molecule has 20 heavy (non-hydrogen) atoms. The molecule has 1 N–H and O–H groups in total. The largest absolute Gasteiger partial charge is 0.321 e. The fourth-order valence-corrected chi connectivity index (χ4v) is 2.55. The molecule has 1 heterocycles. The molecular formula is C16H23FN2O. The van der Waals surface area contributed by atoms with E-state index >= 15 is 0 Å². The van der Waals surface area contributed by atoms with Crippen LogP contribution in [0.5, 0.6) is 0 Å². The SMILES string of the molecule is CCC(C)CN1C(=O)C(CC)NC1c1ccc(F)cc1. The molecular weight excluding hydrogens is 255 g/mol. The van der Waals surface area contributed by atoms with E-state index in [1.165, 1.54) is 12.1 Å². The molecule has 0 aliphatic carbocycles. The predicted molar refractivity (Wildman–Crippen MR) is 77.5 cm³/mol. The Morgan fingerprint density at radius 2 is 1.95 bits per heavy atom. The van der Waals surface area contributed by atoms with Crippen LogP contribution in [-0.4, -0.2) is 23.4 Å². The minimum atomic E-state index is -0.251. The van der Waals surface area contributed by atoms with Gasteiger partial charge in [-0.25, -0.2) is 4.39 Å². The first-order valence-corrected chi connectivity index (χ1v) is 7.38. The van der Waals surface area contributed by atoms with Gasteiger partial charge in [0.1, 0.15) is 12.0 Å². The van der Waals surface area contributed by atoms with Crippen LogP contribution >= 0.6 is 0 Å². The summed E-state index contributed by atoms with van der Waals surface area (Å²) in [5, 5.41) is 3.36. The van der Waals surface area contributed by atoms with E-state index in [1.807, 2.05) is 11.8 Å². The Balaban J connectivity index is 2.23. The zero-order valence-electron chi connectivity index (χ0n) is 12.4. The van der Waals surface area contributed by atoms with Crippen molar-refractivity contribution in [2.45, 2.75) is 45.8 Å². The summed E-state index contributed by atoms with van der Waals surface area (Å²) in [5.41, 5.74) is 0.944. The van der Waals surface area contributed by atoms with Gasteiger partial charge in [0.15, 0.2) is 0 Å². The van der Waals surface area contributed by atoms with Crippen molar-refractivity contribution in [1.82, 2.24) is 10.2 Å². The first kappa shape index (κ1) is 15.0. The number of halogens is 1. The average Bonchev–Trinajstić information content (AvgIpc) is 2.76. The summed E-state index contributed by atoms with van der Waals surface area (Å²) in [4.78, 5) is 14.3. The van der Waals surface area contributed by atoms with E-state index in [0.29, 0.717) is 5.92 Å². The van der Waals surface area contributed by atoms with Crippen LogP contribution in [0.25, 0.3) is 0 Å². The van der Waals surface area contributed by atoms with E-state index < -0.39 is 0 Å². The van der Waals surface area contributed by atoms with Crippen LogP contribution in [0.15, 0.2) is 24.3 Å². The normalized spacial score (nSPS) is 24.2. The number of carbonyl (C=O) groups excluding carboxylic acids is 1. The minimum Gasteiger partial charge on any atom is -0.321 e. The quantitative estimate of drug-likeness (QED) is 0.897. The van der Waals surface area contributed by atoms with Crippen molar-refractivity contribution in [3.05, 3.63) is 35.6 Å². The van der Waals surface area contributed by atoms with Gasteiger partial charge >= 0.3 is 0 Å². The van der Waals surface area contributed by atoms with Gasteiger partial charge < -0.3 is 4.90 Å². The van der Waals surface area contributed by atoms with Crippen LogP contribution < -0.4 is 5.32 Å². The lowest BCUT2D eigenvalue weighted by atomic mass is 10.1. The van der Waals surface area contributed by atoms with Crippen LogP contribution in [0.3, 0.4) is 0 Å². The number of nitrogens with zero attached hydrogens (tertiary/aromatic N) is 1. The maximum Gasteiger partial charge on any atom is 0.241 e. The number of rotatable bonds is 5. The second-order valence-electron chi connectivity index (χ2n) is 5.59. The number of benzene rings is 1. The lowest BCUT2D eigenvalue weighted by Crippen LogP contribution is -2.34. The van der Waals surface area contributed by atoms with E-state index in [-0.39, 0.29) is 23.9 Å². The molecule has 1 aliphatic rings. The lowest BCUT2D eigenvalue weighted by Gasteiger charge is -2.27. The Morgan fingerprint density at radius 1 is 1.30 bits per heavy atom. The van der Waals surface area contributed by atoms with E-state index in [0.717, 1.165) is 24.9 Å². The van der Waals surface area contributed by atoms with Gasteiger partial charge in [-0.1, -0.05) is 39.3 Å². The Bertz CT molecular complexity index is 460. The minimum absolute atomic E-state index is 0.130. The summed E-state index contributed by atoms with van der Waals surface area (Å²) in [6.45, 7) is 7.02. The molecule has 3 nitrogen and oxygen atoms in total. The van der Waals surface area contributed by atoms with E-state index in [1.54, 1.807) is 12.1 Å². The fourth-order valence-electron chi connectivity index (χ4n) is 2.55. The Labute approximate surface area is 120 Å². The highest BCUT2D eigenvalue weighted by atomic mass is 19.1. The third-order valence-corrected chi connectivity index (χ3v) is 4.05. The third kappa shape index (κ3) is 3.01. The molecule has 1 aliphatic heterocycles. The van der Waals surface area contributed by atoms with Crippen molar-refractivity contribution in [3.8, 4) is 0 Å². The smallest absolute Gasteiger partial charge is 0.241 e.